The monoisotopic (exact) mass is 308 g/mol. The van der Waals surface area contributed by atoms with E-state index in [9.17, 15) is 0 Å². The number of aromatic nitrogens is 2. The first kappa shape index (κ1) is 13.1. The van der Waals surface area contributed by atoms with Gasteiger partial charge in [-0.1, -0.05) is 33.6 Å². The van der Waals surface area contributed by atoms with Crippen LogP contribution in [0.1, 0.15) is 31.0 Å². The number of alkyl halides is 1. The molecule has 0 saturated heterocycles. The normalized spacial score (nSPS) is 10.9. The highest BCUT2D eigenvalue weighted by Gasteiger charge is 2.07. The van der Waals surface area contributed by atoms with Gasteiger partial charge in [0, 0.05) is 16.9 Å². The average molecular weight is 309 g/mol. The minimum atomic E-state index is 0.344. The lowest BCUT2D eigenvalue weighted by molar-refractivity contribution is 0.473. The van der Waals surface area contributed by atoms with Gasteiger partial charge in [-0.2, -0.15) is 5.10 Å². The molecular formula is C14H17BrN2O. The average Bonchev–Trinajstić information content (AvgIpc) is 2.80. The number of hydrogen-bond acceptors (Lipinski definition) is 2. The molecule has 0 amide bonds. The van der Waals surface area contributed by atoms with Gasteiger partial charge >= 0.3 is 0 Å². The van der Waals surface area contributed by atoms with Crippen molar-refractivity contribution in [2.75, 3.05) is 0 Å². The third kappa shape index (κ3) is 2.93. The molecule has 0 N–H and O–H groups in total. The summed E-state index contributed by atoms with van der Waals surface area (Å²) in [5.41, 5.74) is 2.38. The van der Waals surface area contributed by atoms with Crippen LogP contribution in [0.25, 0.3) is 0 Å². The highest BCUT2D eigenvalue weighted by atomic mass is 79.9. The maximum Gasteiger partial charge on any atom is 0.165 e. The SMILES string of the molecule is Cc1ccc(Oc2cnn(C(C)C)c2)c(CBr)c1. The summed E-state index contributed by atoms with van der Waals surface area (Å²) in [5.74, 6) is 1.65. The molecule has 0 saturated carbocycles. The number of nitrogens with zero attached hydrogens (tertiary/aromatic N) is 2. The Hall–Kier alpha value is -1.29. The zero-order valence-corrected chi connectivity index (χ0v) is 12.4. The molecule has 4 heteroatoms. The summed E-state index contributed by atoms with van der Waals surface area (Å²) >= 11 is 3.48. The summed E-state index contributed by atoms with van der Waals surface area (Å²) in [6, 6.07) is 6.51. The number of ether oxygens (including phenoxy) is 1. The van der Waals surface area contributed by atoms with Gasteiger partial charge in [0.25, 0.3) is 0 Å². The van der Waals surface area contributed by atoms with Gasteiger partial charge in [0.05, 0.1) is 12.4 Å². The van der Waals surface area contributed by atoms with E-state index in [1.54, 1.807) is 6.20 Å². The van der Waals surface area contributed by atoms with Gasteiger partial charge in [0.15, 0.2) is 5.75 Å². The van der Waals surface area contributed by atoms with Crippen LogP contribution in [0.15, 0.2) is 30.6 Å². The molecule has 1 heterocycles. The largest absolute Gasteiger partial charge is 0.454 e. The fourth-order valence-corrected chi connectivity index (χ4v) is 2.13. The molecule has 1 aromatic carbocycles. The molecule has 1 aromatic heterocycles. The molecule has 0 fully saturated rings. The van der Waals surface area contributed by atoms with E-state index in [1.165, 1.54) is 5.56 Å². The van der Waals surface area contributed by atoms with Crippen LogP contribution in [-0.2, 0) is 5.33 Å². The molecular weight excluding hydrogens is 292 g/mol. The fraction of sp³-hybridized carbons (Fsp3) is 0.357. The summed E-state index contributed by atoms with van der Waals surface area (Å²) in [4.78, 5) is 0. The Kier molecular flexibility index (Phi) is 4.07. The first-order valence-corrected chi connectivity index (χ1v) is 7.10. The minimum absolute atomic E-state index is 0.344. The zero-order chi connectivity index (χ0) is 13.1. The van der Waals surface area contributed by atoms with Crippen molar-refractivity contribution in [3.63, 3.8) is 0 Å². The number of hydrogen-bond donors (Lipinski definition) is 0. The van der Waals surface area contributed by atoms with E-state index in [4.69, 9.17) is 4.74 Å². The molecule has 0 bridgehead atoms. The van der Waals surface area contributed by atoms with Gasteiger partial charge in [-0.15, -0.1) is 0 Å². The lowest BCUT2D eigenvalue weighted by Gasteiger charge is -2.09. The van der Waals surface area contributed by atoms with Crippen molar-refractivity contribution in [1.29, 1.82) is 0 Å². The van der Waals surface area contributed by atoms with E-state index in [-0.39, 0.29) is 0 Å². The van der Waals surface area contributed by atoms with E-state index in [1.807, 2.05) is 23.0 Å². The Morgan fingerprint density at radius 1 is 1.39 bits per heavy atom. The standard InChI is InChI=1S/C14H17BrN2O/c1-10(2)17-9-13(8-16-17)18-14-5-4-11(3)6-12(14)7-15/h4-6,8-10H,7H2,1-3H3. The molecule has 96 valence electrons. The van der Waals surface area contributed by atoms with Gasteiger partial charge in [-0.3, -0.25) is 4.68 Å². The second-order valence-corrected chi connectivity index (χ2v) is 5.16. The first-order valence-electron chi connectivity index (χ1n) is 5.97. The van der Waals surface area contributed by atoms with Gasteiger partial charge in [-0.05, 0) is 26.8 Å². The smallest absolute Gasteiger partial charge is 0.165 e. The molecule has 0 radical (unpaired) electrons. The van der Waals surface area contributed by atoms with Crippen molar-refractivity contribution in [2.24, 2.45) is 0 Å². The van der Waals surface area contributed by atoms with Gasteiger partial charge in [0.1, 0.15) is 5.75 Å². The second kappa shape index (κ2) is 5.57. The van der Waals surface area contributed by atoms with Crippen molar-refractivity contribution < 1.29 is 4.74 Å². The highest BCUT2D eigenvalue weighted by molar-refractivity contribution is 9.08. The Balaban J connectivity index is 2.22. The summed E-state index contributed by atoms with van der Waals surface area (Å²) in [7, 11) is 0. The highest BCUT2D eigenvalue weighted by Crippen LogP contribution is 2.28. The number of halogens is 1. The zero-order valence-electron chi connectivity index (χ0n) is 10.9. The first-order chi connectivity index (χ1) is 8.60. The van der Waals surface area contributed by atoms with Crippen molar-refractivity contribution in [3.05, 3.63) is 41.7 Å². The topological polar surface area (TPSA) is 27.1 Å². The van der Waals surface area contributed by atoms with Gasteiger partial charge in [-0.25, -0.2) is 0 Å². The van der Waals surface area contributed by atoms with Crippen LogP contribution in [0.5, 0.6) is 11.5 Å². The van der Waals surface area contributed by atoms with Crippen LogP contribution in [-0.4, -0.2) is 9.78 Å². The molecule has 0 atom stereocenters. The van der Waals surface area contributed by atoms with Crippen LogP contribution in [0.4, 0.5) is 0 Å². The van der Waals surface area contributed by atoms with Gasteiger partial charge in [0.2, 0.25) is 0 Å². The maximum atomic E-state index is 5.87. The van der Waals surface area contributed by atoms with Crippen molar-refractivity contribution in [1.82, 2.24) is 9.78 Å². The van der Waals surface area contributed by atoms with Crippen LogP contribution in [0.2, 0.25) is 0 Å². The number of rotatable bonds is 4. The van der Waals surface area contributed by atoms with E-state index >= 15 is 0 Å². The van der Waals surface area contributed by atoms with Crippen molar-refractivity contribution in [2.45, 2.75) is 32.1 Å². The van der Waals surface area contributed by atoms with Crippen LogP contribution in [0, 0.1) is 6.92 Å². The molecule has 2 rings (SSSR count). The van der Waals surface area contributed by atoms with Crippen molar-refractivity contribution in [3.8, 4) is 11.5 Å². The molecule has 2 aromatic rings. The Morgan fingerprint density at radius 3 is 2.78 bits per heavy atom. The minimum Gasteiger partial charge on any atom is -0.454 e. The molecule has 3 nitrogen and oxygen atoms in total. The number of aryl methyl sites for hydroxylation is 1. The summed E-state index contributed by atoms with van der Waals surface area (Å²) in [6.45, 7) is 6.26. The van der Waals surface area contributed by atoms with E-state index < -0.39 is 0 Å². The second-order valence-electron chi connectivity index (χ2n) is 4.60. The van der Waals surface area contributed by atoms with E-state index in [0.717, 1.165) is 22.4 Å². The fourth-order valence-electron chi connectivity index (χ4n) is 1.69. The maximum absolute atomic E-state index is 5.87. The molecule has 0 aliphatic rings. The molecule has 0 unspecified atom stereocenters. The lowest BCUT2D eigenvalue weighted by Crippen LogP contribution is -1.99. The summed E-state index contributed by atoms with van der Waals surface area (Å²) in [6.07, 6.45) is 3.67. The predicted octanol–water partition coefficient (Wildman–Crippen LogP) is 4.46. The lowest BCUT2D eigenvalue weighted by atomic mass is 10.1. The summed E-state index contributed by atoms with van der Waals surface area (Å²) in [5, 5.41) is 5.04. The predicted molar refractivity (Wildman–Crippen MR) is 76.5 cm³/mol. The Morgan fingerprint density at radius 2 is 2.17 bits per heavy atom. The molecule has 18 heavy (non-hydrogen) atoms. The molecule has 0 spiro atoms. The third-order valence-corrected chi connectivity index (χ3v) is 3.30. The molecule has 0 aliphatic carbocycles. The van der Waals surface area contributed by atoms with Crippen LogP contribution in [0.3, 0.4) is 0 Å². The third-order valence-electron chi connectivity index (χ3n) is 2.69. The van der Waals surface area contributed by atoms with E-state index in [0.29, 0.717) is 6.04 Å². The van der Waals surface area contributed by atoms with Crippen molar-refractivity contribution >= 4 is 15.9 Å². The van der Waals surface area contributed by atoms with Crippen LogP contribution >= 0.6 is 15.9 Å². The summed E-state index contributed by atoms with van der Waals surface area (Å²) < 4.78 is 7.76. The number of benzene rings is 1. The Labute approximate surface area is 116 Å². The Bertz CT molecular complexity index is 534. The van der Waals surface area contributed by atoms with E-state index in [2.05, 4.69) is 47.9 Å². The quantitative estimate of drug-likeness (QED) is 0.780. The van der Waals surface area contributed by atoms with Crippen LogP contribution < -0.4 is 4.74 Å². The van der Waals surface area contributed by atoms with Gasteiger partial charge < -0.3 is 4.74 Å². The molecule has 0 aliphatic heterocycles.